The largest absolute Gasteiger partial charge is 0.383 e. The van der Waals surface area contributed by atoms with Crippen LogP contribution in [-0.2, 0) is 9.57 Å². The third-order valence-electron chi connectivity index (χ3n) is 0.989. The predicted octanol–water partition coefficient (Wildman–Crippen LogP) is 0.0468. The Morgan fingerprint density at radius 3 is 2.64 bits per heavy atom. The van der Waals surface area contributed by atoms with E-state index in [0.717, 1.165) is 0 Å². The maximum absolute atomic E-state index is 4.89. The molecule has 66 valence electrons. The number of methoxy groups -OCH3 is 1. The average molecular weight is 178 g/mol. The van der Waals surface area contributed by atoms with Gasteiger partial charge in [-0.25, -0.2) is 5.48 Å². The lowest BCUT2D eigenvalue weighted by Crippen LogP contribution is -2.41. The highest BCUT2D eigenvalue weighted by Gasteiger charge is 2.01. The molecule has 5 heteroatoms. The summed E-state index contributed by atoms with van der Waals surface area (Å²) in [5, 5.41) is 3.42. The van der Waals surface area contributed by atoms with Crippen LogP contribution in [0.3, 0.4) is 0 Å². The molecule has 0 aliphatic rings. The second-order valence-electron chi connectivity index (χ2n) is 2.14. The van der Waals surface area contributed by atoms with Gasteiger partial charge in [0.25, 0.3) is 0 Å². The van der Waals surface area contributed by atoms with Gasteiger partial charge in [0.05, 0.1) is 13.7 Å². The van der Waals surface area contributed by atoms with Gasteiger partial charge in [-0.05, 0) is 19.1 Å². The maximum atomic E-state index is 4.89. The van der Waals surface area contributed by atoms with E-state index in [4.69, 9.17) is 17.0 Å². The quantitative estimate of drug-likeness (QED) is 0.470. The summed E-state index contributed by atoms with van der Waals surface area (Å²) in [5.74, 6) is 0. The molecule has 0 aliphatic carbocycles. The van der Waals surface area contributed by atoms with Gasteiger partial charge in [0.2, 0.25) is 0 Å². The molecule has 0 amide bonds. The van der Waals surface area contributed by atoms with Crippen LogP contribution in [0.2, 0.25) is 0 Å². The van der Waals surface area contributed by atoms with Crippen LogP contribution in [0.5, 0.6) is 0 Å². The van der Waals surface area contributed by atoms with E-state index in [9.17, 15) is 0 Å². The molecule has 0 aromatic heterocycles. The Kier molecular flexibility index (Phi) is 6.10. The van der Waals surface area contributed by atoms with E-state index in [1.807, 2.05) is 6.92 Å². The van der Waals surface area contributed by atoms with Gasteiger partial charge in [0.15, 0.2) is 5.11 Å². The van der Waals surface area contributed by atoms with Crippen LogP contribution in [0.15, 0.2) is 0 Å². The summed E-state index contributed by atoms with van der Waals surface area (Å²) in [4.78, 5) is 4.59. The highest BCUT2D eigenvalue weighted by atomic mass is 32.1. The summed E-state index contributed by atoms with van der Waals surface area (Å²) in [5.41, 5.74) is 2.50. The van der Waals surface area contributed by atoms with Gasteiger partial charge in [-0.2, -0.15) is 0 Å². The van der Waals surface area contributed by atoms with Crippen molar-refractivity contribution in [3.63, 3.8) is 0 Å². The highest BCUT2D eigenvalue weighted by Crippen LogP contribution is 1.81. The number of hydroxylamine groups is 1. The van der Waals surface area contributed by atoms with Gasteiger partial charge >= 0.3 is 0 Å². The lowest BCUT2D eigenvalue weighted by molar-refractivity contribution is 0.139. The van der Waals surface area contributed by atoms with Crippen molar-refractivity contribution in [2.75, 3.05) is 20.8 Å². The zero-order chi connectivity index (χ0) is 8.69. The molecule has 0 fully saturated rings. The van der Waals surface area contributed by atoms with Crippen LogP contribution in [0, 0.1) is 0 Å². The van der Waals surface area contributed by atoms with Crippen molar-refractivity contribution in [2.24, 2.45) is 0 Å². The van der Waals surface area contributed by atoms with Crippen molar-refractivity contribution >= 4 is 17.3 Å². The van der Waals surface area contributed by atoms with Gasteiger partial charge in [-0.15, -0.1) is 0 Å². The molecule has 4 nitrogen and oxygen atoms in total. The number of nitrogens with one attached hydrogen (secondary N) is 2. The topological polar surface area (TPSA) is 42.5 Å². The number of hydrogen-bond donors (Lipinski definition) is 2. The van der Waals surface area contributed by atoms with Crippen LogP contribution in [0.4, 0.5) is 0 Å². The molecule has 0 saturated carbocycles. The molecule has 0 saturated heterocycles. The lowest BCUT2D eigenvalue weighted by atomic mass is 10.4. The van der Waals surface area contributed by atoms with E-state index in [1.54, 1.807) is 7.11 Å². The van der Waals surface area contributed by atoms with Crippen molar-refractivity contribution in [1.82, 2.24) is 10.8 Å². The summed E-state index contributed by atoms with van der Waals surface area (Å²) < 4.78 is 4.89. The Morgan fingerprint density at radius 1 is 1.55 bits per heavy atom. The number of rotatable bonds is 4. The smallest absolute Gasteiger partial charge is 0.190 e. The Labute approximate surface area is 72.2 Å². The number of thiocarbonyl (C=S) groups is 1. The first-order valence-electron chi connectivity index (χ1n) is 3.29. The molecule has 1 unspecified atom stereocenters. The molecule has 11 heavy (non-hydrogen) atoms. The first-order chi connectivity index (χ1) is 5.20. The molecule has 0 aliphatic heterocycles. The molecular formula is C6H14N2O2S. The average Bonchev–Trinajstić information content (AvgIpc) is 1.87. The third-order valence-corrected chi connectivity index (χ3v) is 1.19. The van der Waals surface area contributed by atoms with Gasteiger partial charge < -0.3 is 10.1 Å². The van der Waals surface area contributed by atoms with Crippen LogP contribution in [-0.4, -0.2) is 32.0 Å². The second kappa shape index (κ2) is 6.33. The fourth-order valence-corrected chi connectivity index (χ4v) is 0.922. The van der Waals surface area contributed by atoms with Crippen molar-refractivity contribution in [3.8, 4) is 0 Å². The summed E-state index contributed by atoms with van der Waals surface area (Å²) in [6.45, 7) is 2.58. The van der Waals surface area contributed by atoms with E-state index in [0.29, 0.717) is 11.7 Å². The summed E-state index contributed by atoms with van der Waals surface area (Å²) in [7, 11) is 3.15. The van der Waals surface area contributed by atoms with Crippen molar-refractivity contribution < 1.29 is 9.57 Å². The molecule has 0 spiro atoms. The minimum atomic E-state index is 0.190. The van der Waals surface area contributed by atoms with Gasteiger partial charge in [0.1, 0.15) is 0 Å². The van der Waals surface area contributed by atoms with Crippen LogP contribution >= 0.6 is 12.2 Å². The zero-order valence-electron chi connectivity index (χ0n) is 7.01. The summed E-state index contributed by atoms with van der Waals surface area (Å²) in [6, 6.07) is 0.190. The Bertz CT molecular complexity index is 121. The zero-order valence-corrected chi connectivity index (χ0v) is 7.83. The molecule has 0 aromatic carbocycles. The number of hydrogen-bond acceptors (Lipinski definition) is 3. The van der Waals surface area contributed by atoms with E-state index in [-0.39, 0.29) is 6.04 Å². The van der Waals surface area contributed by atoms with Crippen molar-refractivity contribution in [3.05, 3.63) is 0 Å². The van der Waals surface area contributed by atoms with E-state index in [2.05, 4.69) is 15.6 Å². The molecule has 0 bridgehead atoms. The molecule has 0 radical (unpaired) electrons. The summed E-state index contributed by atoms with van der Waals surface area (Å²) in [6.07, 6.45) is 0. The highest BCUT2D eigenvalue weighted by molar-refractivity contribution is 7.80. The fourth-order valence-electron chi connectivity index (χ4n) is 0.638. The molecule has 2 N–H and O–H groups in total. The van der Waals surface area contributed by atoms with E-state index in [1.165, 1.54) is 7.11 Å². The van der Waals surface area contributed by atoms with Crippen molar-refractivity contribution in [2.45, 2.75) is 13.0 Å². The normalized spacial score (nSPS) is 12.3. The monoisotopic (exact) mass is 178 g/mol. The minimum Gasteiger partial charge on any atom is -0.383 e. The predicted molar refractivity (Wildman–Crippen MR) is 47.2 cm³/mol. The molecule has 1 atom stereocenters. The second-order valence-corrected chi connectivity index (χ2v) is 2.54. The first-order valence-corrected chi connectivity index (χ1v) is 3.70. The standard InChI is InChI=1S/C6H14N2O2S/c1-5(4-9-2)7-6(11)8-10-3/h5H,4H2,1-3H3,(H2,7,8,11). The Hall–Kier alpha value is -0.390. The molecular weight excluding hydrogens is 164 g/mol. The fraction of sp³-hybridized carbons (Fsp3) is 0.833. The van der Waals surface area contributed by atoms with E-state index >= 15 is 0 Å². The van der Waals surface area contributed by atoms with Gasteiger partial charge in [0, 0.05) is 13.2 Å². The molecule has 0 aromatic rings. The molecule has 0 rings (SSSR count). The van der Waals surface area contributed by atoms with Crippen molar-refractivity contribution in [1.29, 1.82) is 0 Å². The maximum Gasteiger partial charge on any atom is 0.190 e. The minimum absolute atomic E-state index is 0.190. The molecule has 0 heterocycles. The SMILES string of the molecule is COCC(C)NC(=S)NOC. The van der Waals surface area contributed by atoms with Gasteiger partial charge in [-0.1, -0.05) is 0 Å². The van der Waals surface area contributed by atoms with Crippen LogP contribution < -0.4 is 10.8 Å². The Balaban J connectivity index is 3.40. The van der Waals surface area contributed by atoms with Crippen LogP contribution in [0.25, 0.3) is 0 Å². The van der Waals surface area contributed by atoms with E-state index < -0.39 is 0 Å². The van der Waals surface area contributed by atoms with Gasteiger partial charge in [-0.3, -0.25) is 4.84 Å². The third kappa shape index (κ3) is 6.03. The number of ether oxygens (including phenoxy) is 1. The Morgan fingerprint density at radius 2 is 2.18 bits per heavy atom. The lowest BCUT2D eigenvalue weighted by Gasteiger charge is -2.14. The summed E-state index contributed by atoms with van der Waals surface area (Å²) >= 11 is 4.84. The first kappa shape index (κ1) is 10.6. The van der Waals surface area contributed by atoms with Crippen LogP contribution in [0.1, 0.15) is 6.92 Å².